The molecule has 0 aliphatic heterocycles. The molecule has 2 aromatic rings. The SMILES string of the molecule is Cc1cc(NC(=O)C(C)NC(=O)CC(C)c2ccccc2)no1. The predicted molar refractivity (Wildman–Crippen MR) is 86.9 cm³/mol. The molecule has 0 saturated heterocycles. The molecule has 6 heteroatoms. The van der Waals surface area contributed by atoms with Crippen LogP contribution in [0.2, 0.25) is 0 Å². The van der Waals surface area contributed by atoms with Gasteiger partial charge in [-0.3, -0.25) is 9.59 Å². The molecule has 2 unspecified atom stereocenters. The summed E-state index contributed by atoms with van der Waals surface area (Å²) in [6.07, 6.45) is 0.324. The highest BCUT2D eigenvalue weighted by Gasteiger charge is 2.18. The summed E-state index contributed by atoms with van der Waals surface area (Å²) in [5, 5.41) is 8.98. The minimum atomic E-state index is -0.650. The average Bonchev–Trinajstić information content (AvgIpc) is 2.93. The fourth-order valence-corrected chi connectivity index (χ4v) is 2.20. The standard InChI is InChI=1S/C17H21N3O3/c1-11(14-7-5-4-6-8-14)9-16(21)18-13(3)17(22)19-15-10-12(2)23-20-15/h4-8,10-11,13H,9H2,1-3H3,(H,18,21)(H,19,20,22). The first kappa shape index (κ1) is 16.7. The largest absolute Gasteiger partial charge is 0.360 e. The van der Waals surface area contributed by atoms with E-state index >= 15 is 0 Å². The molecular formula is C17H21N3O3. The highest BCUT2D eigenvalue weighted by molar-refractivity contribution is 5.96. The van der Waals surface area contributed by atoms with Crippen LogP contribution >= 0.6 is 0 Å². The van der Waals surface area contributed by atoms with Crippen LogP contribution < -0.4 is 10.6 Å². The Morgan fingerprint density at radius 1 is 1.22 bits per heavy atom. The van der Waals surface area contributed by atoms with Crippen molar-refractivity contribution >= 4 is 17.6 Å². The number of amides is 2. The van der Waals surface area contributed by atoms with E-state index in [9.17, 15) is 9.59 Å². The van der Waals surface area contributed by atoms with Crippen molar-refractivity contribution in [2.24, 2.45) is 0 Å². The molecule has 0 aliphatic carbocycles. The highest BCUT2D eigenvalue weighted by atomic mass is 16.5. The van der Waals surface area contributed by atoms with E-state index < -0.39 is 6.04 Å². The van der Waals surface area contributed by atoms with Crippen molar-refractivity contribution in [2.45, 2.75) is 39.2 Å². The first-order chi connectivity index (χ1) is 11.0. The van der Waals surface area contributed by atoms with Gasteiger partial charge in [0.2, 0.25) is 11.8 Å². The molecule has 1 heterocycles. The van der Waals surface area contributed by atoms with Crippen molar-refractivity contribution in [3.63, 3.8) is 0 Å². The van der Waals surface area contributed by atoms with Gasteiger partial charge in [-0.1, -0.05) is 42.4 Å². The Morgan fingerprint density at radius 2 is 1.91 bits per heavy atom. The van der Waals surface area contributed by atoms with Gasteiger partial charge in [0, 0.05) is 12.5 Å². The summed E-state index contributed by atoms with van der Waals surface area (Å²) in [6.45, 7) is 5.35. The number of nitrogens with zero attached hydrogens (tertiary/aromatic N) is 1. The lowest BCUT2D eigenvalue weighted by atomic mass is 9.97. The molecule has 2 rings (SSSR count). The Hall–Kier alpha value is -2.63. The molecule has 0 radical (unpaired) electrons. The fraction of sp³-hybridized carbons (Fsp3) is 0.353. The normalized spacial score (nSPS) is 13.2. The number of benzene rings is 1. The number of carbonyl (C=O) groups excluding carboxylic acids is 2. The van der Waals surface area contributed by atoms with Gasteiger partial charge in [-0.2, -0.15) is 0 Å². The van der Waals surface area contributed by atoms with Gasteiger partial charge >= 0.3 is 0 Å². The Kier molecular flexibility index (Phi) is 5.51. The van der Waals surface area contributed by atoms with Crippen molar-refractivity contribution in [1.82, 2.24) is 10.5 Å². The molecule has 1 aromatic carbocycles. The first-order valence-corrected chi connectivity index (χ1v) is 7.54. The first-order valence-electron chi connectivity index (χ1n) is 7.54. The second-order valence-electron chi connectivity index (χ2n) is 5.62. The van der Waals surface area contributed by atoms with Crippen LogP contribution in [0.5, 0.6) is 0 Å². The van der Waals surface area contributed by atoms with Crippen LogP contribution in [0.25, 0.3) is 0 Å². The van der Waals surface area contributed by atoms with Gasteiger partial charge in [-0.25, -0.2) is 0 Å². The Morgan fingerprint density at radius 3 is 2.52 bits per heavy atom. The van der Waals surface area contributed by atoms with E-state index in [1.54, 1.807) is 19.9 Å². The van der Waals surface area contributed by atoms with Crippen molar-refractivity contribution in [1.29, 1.82) is 0 Å². The number of hydrogen-bond donors (Lipinski definition) is 2. The van der Waals surface area contributed by atoms with Crippen LogP contribution in [-0.2, 0) is 9.59 Å². The van der Waals surface area contributed by atoms with Crippen molar-refractivity contribution in [3.8, 4) is 0 Å². The zero-order valence-corrected chi connectivity index (χ0v) is 13.5. The number of carbonyl (C=O) groups is 2. The Bertz CT molecular complexity index is 667. The van der Waals surface area contributed by atoms with Gasteiger partial charge in [0.25, 0.3) is 0 Å². The van der Waals surface area contributed by atoms with Crippen molar-refractivity contribution < 1.29 is 14.1 Å². The van der Waals surface area contributed by atoms with Gasteiger partial charge in [-0.05, 0) is 25.3 Å². The second-order valence-corrected chi connectivity index (χ2v) is 5.62. The average molecular weight is 315 g/mol. The van der Waals surface area contributed by atoms with E-state index in [2.05, 4.69) is 15.8 Å². The summed E-state index contributed by atoms with van der Waals surface area (Å²) in [6, 6.07) is 10.8. The van der Waals surface area contributed by atoms with Crippen molar-refractivity contribution in [2.75, 3.05) is 5.32 Å². The molecule has 2 amide bonds. The smallest absolute Gasteiger partial charge is 0.247 e. The Balaban J connectivity index is 1.83. The van der Waals surface area contributed by atoms with Crippen LogP contribution in [0.15, 0.2) is 40.9 Å². The van der Waals surface area contributed by atoms with Crippen LogP contribution in [0.3, 0.4) is 0 Å². The number of hydrogen-bond acceptors (Lipinski definition) is 4. The number of nitrogens with one attached hydrogen (secondary N) is 2. The minimum Gasteiger partial charge on any atom is -0.360 e. The van der Waals surface area contributed by atoms with Gasteiger partial charge in [0.15, 0.2) is 5.82 Å². The van der Waals surface area contributed by atoms with Gasteiger partial charge in [0.1, 0.15) is 11.8 Å². The maximum atomic E-state index is 12.1. The molecule has 23 heavy (non-hydrogen) atoms. The second kappa shape index (κ2) is 7.58. The van der Waals surface area contributed by atoms with Gasteiger partial charge in [-0.15, -0.1) is 0 Å². The van der Waals surface area contributed by atoms with E-state index in [0.29, 0.717) is 18.0 Å². The Labute approximate surface area is 135 Å². The minimum absolute atomic E-state index is 0.0876. The molecule has 0 spiro atoms. The number of aryl methyl sites for hydroxylation is 1. The van der Waals surface area contributed by atoms with Crippen LogP contribution in [0.4, 0.5) is 5.82 Å². The fourth-order valence-electron chi connectivity index (χ4n) is 2.20. The third-order valence-electron chi connectivity index (χ3n) is 3.51. The summed E-state index contributed by atoms with van der Waals surface area (Å²) < 4.78 is 4.88. The summed E-state index contributed by atoms with van der Waals surface area (Å²) in [4.78, 5) is 24.1. The van der Waals surface area contributed by atoms with Gasteiger partial charge < -0.3 is 15.2 Å². The van der Waals surface area contributed by atoms with E-state index in [-0.39, 0.29) is 17.7 Å². The maximum absolute atomic E-state index is 12.1. The predicted octanol–water partition coefficient (Wildman–Crippen LogP) is 2.62. The van der Waals surface area contributed by atoms with Crippen LogP contribution in [0, 0.1) is 6.92 Å². The van der Waals surface area contributed by atoms with E-state index in [1.807, 2.05) is 37.3 Å². The van der Waals surface area contributed by atoms with Crippen LogP contribution in [-0.4, -0.2) is 23.0 Å². The highest BCUT2D eigenvalue weighted by Crippen LogP contribution is 2.18. The molecule has 0 saturated carbocycles. The van der Waals surface area contributed by atoms with E-state index in [1.165, 1.54) is 0 Å². The third-order valence-corrected chi connectivity index (χ3v) is 3.51. The lowest BCUT2D eigenvalue weighted by Crippen LogP contribution is -2.41. The summed E-state index contributed by atoms with van der Waals surface area (Å²) >= 11 is 0. The zero-order valence-electron chi connectivity index (χ0n) is 13.5. The molecule has 2 atom stereocenters. The molecule has 1 aromatic heterocycles. The van der Waals surface area contributed by atoms with E-state index in [4.69, 9.17) is 4.52 Å². The van der Waals surface area contributed by atoms with Gasteiger partial charge in [0.05, 0.1) is 0 Å². The van der Waals surface area contributed by atoms with E-state index in [0.717, 1.165) is 5.56 Å². The number of aromatic nitrogens is 1. The third kappa shape index (κ3) is 4.95. The molecule has 2 N–H and O–H groups in total. The molecule has 122 valence electrons. The lowest BCUT2D eigenvalue weighted by molar-refractivity contribution is -0.126. The topological polar surface area (TPSA) is 84.2 Å². The monoisotopic (exact) mass is 315 g/mol. The molecule has 0 fully saturated rings. The molecular weight excluding hydrogens is 294 g/mol. The summed E-state index contributed by atoms with van der Waals surface area (Å²) in [5.41, 5.74) is 1.10. The summed E-state index contributed by atoms with van der Waals surface area (Å²) in [7, 11) is 0. The number of rotatable bonds is 6. The molecule has 0 aliphatic rings. The quantitative estimate of drug-likeness (QED) is 0.858. The lowest BCUT2D eigenvalue weighted by Gasteiger charge is -2.15. The van der Waals surface area contributed by atoms with Crippen molar-refractivity contribution in [3.05, 3.63) is 47.7 Å². The maximum Gasteiger partial charge on any atom is 0.247 e. The zero-order chi connectivity index (χ0) is 16.8. The molecule has 0 bridgehead atoms. The number of anilines is 1. The summed E-state index contributed by atoms with van der Waals surface area (Å²) in [5.74, 6) is 0.531. The molecule has 6 nitrogen and oxygen atoms in total. The van der Waals surface area contributed by atoms with Crippen LogP contribution in [0.1, 0.15) is 37.5 Å².